The summed E-state index contributed by atoms with van der Waals surface area (Å²) in [6.45, 7) is 14.2. The summed E-state index contributed by atoms with van der Waals surface area (Å²) in [6.07, 6.45) is 4.87. The molecule has 1 aliphatic heterocycles. The number of nitrogens with one attached hydrogen (secondary N) is 1. The number of hydrogen-bond donors (Lipinski definition) is 1. The highest BCUT2D eigenvalue weighted by Crippen LogP contribution is 2.35. The van der Waals surface area contributed by atoms with E-state index in [1.54, 1.807) is 11.8 Å². The van der Waals surface area contributed by atoms with Gasteiger partial charge in [0.15, 0.2) is 0 Å². The van der Waals surface area contributed by atoms with E-state index < -0.39 is 10.3 Å². The minimum absolute atomic E-state index is 0.170. The van der Waals surface area contributed by atoms with Gasteiger partial charge in [-0.2, -0.15) is 0 Å². The molecule has 0 bridgehead atoms. The number of rotatable bonds is 10. The van der Waals surface area contributed by atoms with Gasteiger partial charge in [-0.1, -0.05) is 30.3 Å². The van der Waals surface area contributed by atoms with Crippen molar-refractivity contribution in [2.45, 2.75) is 75.5 Å². The van der Waals surface area contributed by atoms with Crippen molar-refractivity contribution in [3.05, 3.63) is 60.2 Å². The molecule has 3 rings (SSSR count). The maximum absolute atomic E-state index is 12.5. The third-order valence-electron chi connectivity index (χ3n) is 6.17. The highest BCUT2D eigenvalue weighted by atomic mass is 32.2. The first-order valence-corrected chi connectivity index (χ1v) is 13.4. The topological polar surface area (TPSA) is 41.6 Å². The Bertz CT molecular complexity index is 883. The van der Waals surface area contributed by atoms with Crippen LogP contribution in [0.3, 0.4) is 0 Å². The third kappa shape index (κ3) is 8.99. The smallest absolute Gasteiger partial charge is 0.322 e. The Morgan fingerprint density at radius 3 is 2.26 bits per heavy atom. The maximum atomic E-state index is 12.5. The fourth-order valence-electron chi connectivity index (χ4n) is 4.27. The van der Waals surface area contributed by atoms with Gasteiger partial charge in [0.05, 0.1) is 0 Å². The molecule has 1 aliphatic rings. The van der Waals surface area contributed by atoms with E-state index in [0.717, 1.165) is 23.8 Å². The Morgan fingerprint density at radius 1 is 1.00 bits per heavy atom. The zero-order chi connectivity index (χ0) is 24.6. The average molecular weight is 483 g/mol. The van der Waals surface area contributed by atoms with Gasteiger partial charge >= 0.3 is 5.97 Å². The van der Waals surface area contributed by atoms with Crippen LogP contribution in [0.1, 0.15) is 59.4 Å². The molecule has 2 aromatic rings. The van der Waals surface area contributed by atoms with Crippen LogP contribution in [0, 0.1) is 5.92 Å². The minimum Gasteiger partial charge on any atom is -0.459 e. The van der Waals surface area contributed by atoms with Crippen molar-refractivity contribution in [3.63, 3.8) is 0 Å². The molecule has 0 amide bonds. The average Bonchev–Trinajstić information content (AvgIpc) is 2.78. The summed E-state index contributed by atoms with van der Waals surface area (Å²) < 4.78 is 4.98. The lowest BCUT2D eigenvalue weighted by Gasteiger charge is -2.32. The van der Waals surface area contributed by atoms with E-state index >= 15 is 0 Å². The zero-order valence-corrected chi connectivity index (χ0v) is 22.4. The second kappa shape index (κ2) is 12.1. The Balaban J connectivity index is 1.37. The lowest BCUT2D eigenvalue weighted by molar-refractivity contribution is -0.156. The third-order valence-corrected chi connectivity index (χ3v) is 7.36. The highest BCUT2D eigenvalue weighted by Gasteiger charge is 2.33. The molecule has 0 aliphatic carbocycles. The second-order valence-corrected chi connectivity index (χ2v) is 12.6. The lowest BCUT2D eigenvalue weighted by Crippen LogP contribution is -2.36. The summed E-state index contributed by atoms with van der Waals surface area (Å²) in [7, 11) is 0. The van der Waals surface area contributed by atoms with Gasteiger partial charge in [-0.05, 0) is 116 Å². The maximum Gasteiger partial charge on any atom is 0.322 e. The van der Waals surface area contributed by atoms with E-state index in [9.17, 15) is 4.79 Å². The quantitative estimate of drug-likeness (QED) is 0.233. The first-order chi connectivity index (χ1) is 16.1. The van der Waals surface area contributed by atoms with Crippen LogP contribution in [-0.4, -0.2) is 47.4 Å². The summed E-state index contributed by atoms with van der Waals surface area (Å²) in [5.74, 6) is 0.590. The molecule has 0 aromatic heterocycles. The van der Waals surface area contributed by atoms with Crippen molar-refractivity contribution in [1.29, 1.82) is 0 Å². The molecule has 0 spiro atoms. The zero-order valence-electron chi connectivity index (χ0n) is 21.6. The molecular weight excluding hydrogens is 440 g/mol. The fraction of sp³-hybridized carbons (Fsp3) is 0.552. The van der Waals surface area contributed by atoms with Gasteiger partial charge < -0.3 is 15.0 Å². The van der Waals surface area contributed by atoms with Gasteiger partial charge in [0.1, 0.15) is 10.3 Å². The summed E-state index contributed by atoms with van der Waals surface area (Å²) in [5, 5.41) is 3.51. The summed E-state index contributed by atoms with van der Waals surface area (Å²) in [5.41, 5.74) is 2.14. The number of thioether (sulfide) groups is 1. The van der Waals surface area contributed by atoms with E-state index in [1.807, 2.05) is 34.6 Å². The number of ether oxygens (including phenoxy) is 1. The number of benzene rings is 2. The minimum atomic E-state index is -0.613. The van der Waals surface area contributed by atoms with E-state index in [2.05, 4.69) is 64.8 Å². The van der Waals surface area contributed by atoms with Crippen molar-refractivity contribution in [2.24, 2.45) is 5.92 Å². The number of esters is 1. The number of nitrogens with zero attached hydrogens (tertiary/aromatic N) is 1. The van der Waals surface area contributed by atoms with Gasteiger partial charge in [-0.3, -0.25) is 4.79 Å². The molecule has 0 atom stereocenters. The van der Waals surface area contributed by atoms with Crippen molar-refractivity contribution >= 4 is 23.4 Å². The van der Waals surface area contributed by atoms with Gasteiger partial charge in [0.25, 0.3) is 0 Å². The van der Waals surface area contributed by atoms with Gasteiger partial charge in [-0.15, -0.1) is 11.8 Å². The van der Waals surface area contributed by atoms with Gasteiger partial charge in [0, 0.05) is 17.1 Å². The number of piperidine rings is 1. The molecule has 1 N–H and O–H groups in total. The van der Waals surface area contributed by atoms with Crippen molar-refractivity contribution in [3.8, 4) is 0 Å². The monoisotopic (exact) mass is 482 g/mol. The Labute approximate surface area is 210 Å². The van der Waals surface area contributed by atoms with Crippen LogP contribution in [0.15, 0.2) is 59.5 Å². The summed E-state index contributed by atoms with van der Waals surface area (Å²) in [4.78, 5) is 16.3. The molecule has 186 valence electrons. The number of likely N-dealkylation sites (tertiary alicyclic amines) is 1. The Kier molecular flexibility index (Phi) is 9.49. The Morgan fingerprint density at radius 2 is 1.65 bits per heavy atom. The first kappa shape index (κ1) is 26.6. The molecule has 5 heteroatoms. The van der Waals surface area contributed by atoms with E-state index in [4.69, 9.17) is 4.74 Å². The SMILES string of the molecule is CC(C)(C)OC(=O)C(C)(C)Sc1ccc(CC2CCN(CCCNc3ccccc3)CC2)cc1. The van der Waals surface area contributed by atoms with Gasteiger partial charge in [-0.25, -0.2) is 0 Å². The van der Waals surface area contributed by atoms with Gasteiger partial charge in [0.2, 0.25) is 0 Å². The summed E-state index contributed by atoms with van der Waals surface area (Å²) in [6, 6.07) is 19.2. The molecule has 1 fully saturated rings. The molecule has 0 radical (unpaired) electrons. The van der Waals surface area contributed by atoms with Crippen molar-refractivity contribution in [2.75, 3.05) is 31.5 Å². The molecule has 34 heavy (non-hydrogen) atoms. The van der Waals surface area contributed by atoms with Crippen LogP contribution in [0.4, 0.5) is 5.69 Å². The van der Waals surface area contributed by atoms with Crippen LogP contribution in [0.25, 0.3) is 0 Å². The van der Waals surface area contributed by atoms with Crippen LogP contribution in [0.2, 0.25) is 0 Å². The molecule has 2 aromatic carbocycles. The van der Waals surface area contributed by atoms with Crippen molar-refractivity contribution in [1.82, 2.24) is 4.90 Å². The molecule has 1 heterocycles. The number of hydrogen-bond acceptors (Lipinski definition) is 5. The molecule has 4 nitrogen and oxygen atoms in total. The molecule has 0 unspecified atom stereocenters. The number of para-hydroxylation sites is 1. The fourth-order valence-corrected chi connectivity index (χ4v) is 5.26. The van der Waals surface area contributed by atoms with E-state index in [1.165, 1.54) is 50.1 Å². The number of anilines is 1. The molecule has 1 saturated heterocycles. The van der Waals surface area contributed by atoms with E-state index in [0.29, 0.717) is 0 Å². The van der Waals surface area contributed by atoms with Crippen molar-refractivity contribution < 1.29 is 9.53 Å². The van der Waals surface area contributed by atoms with Crippen LogP contribution >= 0.6 is 11.8 Å². The molecule has 0 saturated carbocycles. The lowest BCUT2D eigenvalue weighted by atomic mass is 9.90. The standard InChI is InChI=1S/C29H42N2O2S/c1-28(2,3)33-27(32)29(4,5)34-26-14-12-23(13-15-26)22-24-16-20-31(21-17-24)19-9-18-30-25-10-7-6-8-11-25/h6-8,10-15,24,30H,9,16-22H2,1-5H3. The Hall–Kier alpha value is -1.98. The first-order valence-electron chi connectivity index (χ1n) is 12.6. The largest absolute Gasteiger partial charge is 0.459 e. The molecular formula is C29H42N2O2S. The van der Waals surface area contributed by atoms with Crippen LogP contribution < -0.4 is 5.32 Å². The number of carbonyl (C=O) groups excluding carboxylic acids is 1. The predicted octanol–water partition coefficient (Wildman–Crippen LogP) is 6.66. The highest BCUT2D eigenvalue weighted by molar-refractivity contribution is 8.01. The normalized spacial score (nSPS) is 15.8. The van der Waals surface area contributed by atoms with Crippen LogP contribution in [-0.2, 0) is 16.0 Å². The van der Waals surface area contributed by atoms with Crippen LogP contribution in [0.5, 0.6) is 0 Å². The predicted molar refractivity (Wildman–Crippen MR) is 145 cm³/mol. The van der Waals surface area contributed by atoms with E-state index in [-0.39, 0.29) is 5.97 Å². The second-order valence-electron chi connectivity index (χ2n) is 10.9. The summed E-state index contributed by atoms with van der Waals surface area (Å²) >= 11 is 1.57. The number of carbonyl (C=O) groups is 1.